The van der Waals surface area contributed by atoms with Gasteiger partial charge in [0, 0.05) is 30.6 Å². The molecule has 1 aromatic carbocycles. The van der Waals surface area contributed by atoms with Gasteiger partial charge in [0.1, 0.15) is 0 Å². The smallest absolute Gasteiger partial charge is 0.303 e. The maximum absolute atomic E-state index is 11.0. The van der Waals surface area contributed by atoms with Crippen LogP contribution in [0.3, 0.4) is 0 Å². The van der Waals surface area contributed by atoms with E-state index in [9.17, 15) is 4.79 Å². The number of carboxylic acid groups (broad SMARTS) is 1. The molecule has 21 heavy (non-hydrogen) atoms. The van der Waals surface area contributed by atoms with Crippen molar-refractivity contribution in [1.29, 1.82) is 0 Å². The van der Waals surface area contributed by atoms with Crippen LogP contribution in [0.2, 0.25) is 0 Å². The molecule has 3 rings (SSSR count). The number of hydrogen-bond acceptors (Lipinski definition) is 2. The fraction of sp³-hybridized carbons (Fsp3) is 0.611. The number of carboxylic acids is 1. The standard InChI is InChI=1S/C18H25NO2/c1-13(11-18(20)21)16-12-19(14-7-3-2-4-8-14)17-10-6-5-9-15(16)17/h5-6,9-10,13-14,16H,2-4,7-8,11-12H2,1H3,(H,20,21). The Kier molecular flexibility index (Phi) is 4.18. The number of benzene rings is 1. The molecule has 3 heteroatoms. The zero-order valence-corrected chi connectivity index (χ0v) is 12.8. The van der Waals surface area contributed by atoms with E-state index in [1.54, 1.807) is 0 Å². The first-order valence-corrected chi connectivity index (χ1v) is 8.24. The van der Waals surface area contributed by atoms with Gasteiger partial charge >= 0.3 is 5.97 Å². The fourth-order valence-corrected chi connectivity index (χ4v) is 4.11. The lowest BCUT2D eigenvalue weighted by molar-refractivity contribution is -0.138. The average molecular weight is 287 g/mol. The number of para-hydroxylation sites is 1. The first-order valence-electron chi connectivity index (χ1n) is 8.24. The van der Waals surface area contributed by atoms with E-state index in [0.29, 0.717) is 12.0 Å². The third-order valence-electron chi connectivity index (χ3n) is 5.24. The van der Waals surface area contributed by atoms with Crippen LogP contribution in [0, 0.1) is 5.92 Å². The van der Waals surface area contributed by atoms with E-state index in [-0.39, 0.29) is 12.3 Å². The van der Waals surface area contributed by atoms with Crippen molar-refractivity contribution in [2.24, 2.45) is 5.92 Å². The second-order valence-corrected chi connectivity index (χ2v) is 6.68. The van der Waals surface area contributed by atoms with E-state index in [1.807, 2.05) is 0 Å². The summed E-state index contributed by atoms with van der Waals surface area (Å²) >= 11 is 0. The molecule has 1 aliphatic heterocycles. The summed E-state index contributed by atoms with van der Waals surface area (Å²) in [5.41, 5.74) is 2.71. The summed E-state index contributed by atoms with van der Waals surface area (Å²) in [6.07, 6.45) is 6.86. The molecule has 0 spiro atoms. The van der Waals surface area contributed by atoms with Crippen molar-refractivity contribution in [3.63, 3.8) is 0 Å². The molecule has 1 fully saturated rings. The van der Waals surface area contributed by atoms with Gasteiger partial charge in [-0.05, 0) is 30.4 Å². The Morgan fingerprint density at radius 2 is 2.00 bits per heavy atom. The molecule has 1 N–H and O–H groups in total. The molecule has 3 nitrogen and oxygen atoms in total. The third kappa shape index (κ3) is 2.92. The summed E-state index contributed by atoms with van der Waals surface area (Å²) in [6.45, 7) is 3.08. The highest BCUT2D eigenvalue weighted by molar-refractivity contribution is 5.68. The lowest BCUT2D eigenvalue weighted by Crippen LogP contribution is -2.36. The minimum absolute atomic E-state index is 0.192. The number of aliphatic carboxylic acids is 1. The number of anilines is 1. The van der Waals surface area contributed by atoms with Crippen molar-refractivity contribution >= 4 is 11.7 Å². The number of rotatable bonds is 4. The van der Waals surface area contributed by atoms with Crippen molar-refractivity contribution in [1.82, 2.24) is 0 Å². The molecule has 0 radical (unpaired) electrons. The number of fused-ring (bicyclic) bond motifs is 1. The van der Waals surface area contributed by atoms with Crippen LogP contribution < -0.4 is 4.90 Å². The van der Waals surface area contributed by atoms with Gasteiger partial charge in [-0.15, -0.1) is 0 Å². The van der Waals surface area contributed by atoms with Gasteiger partial charge in [-0.1, -0.05) is 44.4 Å². The summed E-state index contributed by atoms with van der Waals surface area (Å²) in [5.74, 6) is -0.132. The predicted molar refractivity (Wildman–Crippen MR) is 84.8 cm³/mol. The zero-order chi connectivity index (χ0) is 14.8. The SMILES string of the molecule is CC(CC(=O)O)C1CN(C2CCCCC2)c2ccccc21. The first kappa shape index (κ1) is 14.4. The van der Waals surface area contributed by atoms with Crippen molar-refractivity contribution in [2.45, 2.75) is 57.4 Å². The molecular formula is C18H25NO2. The second-order valence-electron chi connectivity index (χ2n) is 6.68. The maximum Gasteiger partial charge on any atom is 0.303 e. The molecule has 2 atom stereocenters. The molecule has 2 unspecified atom stereocenters. The van der Waals surface area contributed by atoms with Crippen LogP contribution in [0.25, 0.3) is 0 Å². The molecular weight excluding hydrogens is 262 g/mol. The van der Waals surface area contributed by atoms with Gasteiger partial charge in [-0.25, -0.2) is 0 Å². The van der Waals surface area contributed by atoms with E-state index in [2.05, 4.69) is 36.1 Å². The molecule has 1 heterocycles. The maximum atomic E-state index is 11.0. The largest absolute Gasteiger partial charge is 0.481 e. The number of hydrogen-bond donors (Lipinski definition) is 1. The second kappa shape index (κ2) is 6.08. The molecule has 1 saturated carbocycles. The van der Waals surface area contributed by atoms with E-state index in [4.69, 9.17) is 5.11 Å². The van der Waals surface area contributed by atoms with Crippen LogP contribution in [0.4, 0.5) is 5.69 Å². The van der Waals surface area contributed by atoms with Crippen LogP contribution in [-0.4, -0.2) is 23.7 Å². The van der Waals surface area contributed by atoms with Crippen LogP contribution >= 0.6 is 0 Å². The number of nitrogens with zero attached hydrogens (tertiary/aromatic N) is 1. The van der Waals surface area contributed by atoms with Crippen molar-refractivity contribution < 1.29 is 9.90 Å². The molecule has 0 bridgehead atoms. The number of carbonyl (C=O) groups is 1. The summed E-state index contributed by atoms with van der Waals surface area (Å²) in [5, 5.41) is 9.09. The zero-order valence-electron chi connectivity index (χ0n) is 12.8. The predicted octanol–water partition coefficient (Wildman–Crippen LogP) is 4.03. The molecule has 0 saturated heterocycles. The molecule has 0 aromatic heterocycles. The van der Waals surface area contributed by atoms with E-state index in [0.717, 1.165) is 6.54 Å². The first-order chi connectivity index (χ1) is 10.2. The minimum Gasteiger partial charge on any atom is -0.481 e. The summed E-state index contributed by atoms with van der Waals surface area (Å²) in [6, 6.07) is 9.27. The third-order valence-corrected chi connectivity index (χ3v) is 5.24. The highest BCUT2D eigenvalue weighted by atomic mass is 16.4. The van der Waals surface area contributed by atoms with Gasteiger partial charge in [0.15, 0.2) is 0 Å². The Balaban J connectivity index is 1.83. The summed E-state index contributed by atoms with van der Waals surface area (Å²) in [7, 11) is 0. The Hall–Kier alpha value is -1.51. The van der Waals surface area contributed by atoms with Gasteiger partial charge in [-0.3, -0.25) is 4.79 Å². The van der Waals surface area contributed by atoms with E-state index >= 15 is 0 Å². The molecule has 2 aliphatic rings. The normalized spacial score (nSPS) is 23.9. The van der Waals surface area contributed by atoms with E-state index < -0.39 is 5.97 Å². The Labute approximate surface area is 127 Å². The topological polar surface area (TPSA) is 40.5 Å². The monoisotopic (exact) mass is 287 g/mol. The van der Waals surface area contributed by atoms with Crippen LogP contribution in [0.1, 0.15) is 56.9 Å². The molecule has 114 valence electrons. The minimum atomic E-state index is -0.684. The van der Waals surface area contributed by atoms with Gasteiger partial charge < -0.3 is 10.0 Å². The quantitative estimate of drug-likeness (QED) is 0.908. The molecule has 1 aliphatic carbocycles. The van der Waals surface area contributed by atoms with Crippen molar-refractivity contribution in [3.8, 4) is 0 Å². The van der Waals surface area contributed by atoms with Gasteiger partial charge in [0.2, 0.25) is 0 Å². The van der Waals surface area contributed by atoms with Gasteiger partial charge in [0.05, 0.1) is 0 Å². The molecule has 0 amide bonds. The Morgan fingerprint density at radius 1 is 1.29 bits per heavy atom. The highest BCUT2D eigenvalue weighted by Gasteiger charge is 2.36. The van der Waals surface area contributed by atoms with Crippen LogP contribution in [-0.2, 0) is 4.79 Å². The van der Waals surface area contributed by atoms with Crippen molar-refractivity contribution in [3.05, 3.63) is 29.8 Å². The Morgan fingerprint density at radius 3 is 2.71 bits per heavy atom. The average Bonchev–Trinajstić information content (AvgIpc) is 2.87. The van der Waals surface area contributed by atoms with E-state index in [1.165, 1.54) is 43.4 Å². The van der Waals surface area contributed by atoms with Crippen LogP contribution in [0.5, 0.6) is 0 Å². The molecule has 1 aromatic rings. The summed E-state index contributed by atoms with van der Waals surface area (Å²) in [4.78, 5) is 13.6. The fourth-order valence-electron chi connectivity index (χ4n) is 4.11. The van der Waals surface area contributed by atoms with Crippen LogP contribution in [0.15, 0.2) is 24.3 Å². The van der Waals surface area contributed by atoms with Crippen molar-refractivity contribution in [2.75, 3.05) is 11.4 Å². The lowest BCUT2D eigenvalue weighted by atomic mass is 9.87. The Bertz CT molecular complexity index is 508. The summed E-state index contributed by atoms with van der Waals surface area (Å²) < 4.78 is 0. The van der Waals surface area contributed by atoms with Gasteiger partial charge in [-0.2, -0.15) is 0 Å². The van der Waals surface area contributed by atoms with Gasteiger partial charge in [0.25, 0.3) is 0 Å². The lowest BCUT2D eigenvalue weighted by Gasteiger charge is -2.34. The highest BCUT2D eigenvalue weighted by Crippen LogP contribution is 2.43.